The van der Waals surface area contributed by atoms with Gasteiger partial charge in [-0.1, -0.05) is 0 Å². The van der Waals surface area contributed by atoms with E-state index in [0.29, 0.717) is 26.1 Å². The summed E-state index contributed by atoms with van der Waals surface area (Å²) in [6.07, 6.45) is 0.829. The number of fused-ring (bicyclic) bond motifs is 1. The summed E-state index contributed by atoms with van der Waals surface area (Å²) in [5.41, 5.74) is 1.14. The van der Waals surface area contributed by atoms with E-state index in [9.17, 15) is 13.6 Å². The molecule has 0 radical (unpaired) electrons. The average Bonchev–Trinajstić information content (AvgIpc) is 3.25. The van der Waals surface area contributed by atoms with Gasteiger partial charge < -0.3 is 14.8 Å². The number of ether oxygens (including phenoxy) is 2. The molecule has 1 aromatic heterocycles. The molecule has 1 saturated heterocycles. The van der Waals surface area contributed by atoms with E-state index in [1.54, 1.807) is 20.8 Å². The van der Waals surface area contributed by atoms with Crippen LogP contribution in [0.1, 0.15) is 57.0 Å². The second kappa shape index (κ2) is 7.87. The molecule has 0 bridgehead atoms. The van der Waals surface area contributed by atoms with Gasteiger partial charge in [0.25, 0.3) is 0 Å². The smallest absolute Gasteiger partial charge is 0.407 e. The number of nitrogens with zero attached hydrogens (tertiary/aromatic N) is 2. The monoisotopic (exact) mass is 434 g/mol. The molecule has 3 heterocycles. The summed E-state index contributed by atoms with van der Waals surface area (Å²) in [5.74, 6) is -1.14. The van der Waals surface area contributed by atoms with E-state index in [1.807, 2.05) is 13.1 Å². The van der Waals surface area contributed by atoms with E-state index in [4.69, 9.17) is 9.47 Å². The van der Waals surface area contributed by atoms with E-state index in [2.05, 4.69) is 20.4 Å². The maximum Gasteiger partial charge on any atom is 0.407 e. The zero-order valence-corrected chi connectivity index (χ0v) is 18.2. The fourth-order valence-corrected chi connectivity index (χ4v) is 4.32. The number of nitrogens with one attached hydrogen (secondary N) is 2. The summed E-state index contributed by atoms with van der Waals surface area (Å²) in [7, 11) is 0. The second-order valence-corrected chi connectivity index (χ2v) is 9.58. The van der Waals surface area contributed by atoms with Gasteiger partial charge in [-0.15, -0.1) is 0 Å². The van der Waals surface area contributed by atoms with Crippen LogP contribution in [0.15, 0.2) is 24.4 Å². The average molecular weight is 434 g/mol. The van der Waals surface area contributed by atoms with Gasteiger partial charge in [-0.2, -0.15) is 5.10 Å². The first-order valence-electron chi connectivity index (χ1n) is 10.4. The Kier molecular flexibility index (Phi) is 5.51. The second-order valence-electron chi connectivity index (χ2n) is 9.58. The molecular formula is C22H28F2N4O3. The topological polar surface area (TPSA) is 79.5 Å². The molecule has 1 amide bonds. The van der Waals surface area contributed by atoms with Gasteiger partial charge in [0.15, 0.2) is 0 Å². The standard InChI is InChI=1S/C22H28F2N4O3/c1-21(2,3)31-20(29)26-17-8-22(4,28-10-13-9-25-27-18(13)11-28)12-30-19(17)15-7-14(23)5-6-16(15)24/h5-7,9,17,19H,8,10-12H2,1-4H3,(H,25,27)(H,26,29). The molecule has 4 rings (SSSR count). The highest BCUT2D eigenvalue weighted by molar-refractivity contribution is 5.68. The number of hydrogen-bond acceptors (Lipinski definition) is 5. The maximum atomic E-state index is 14.6. The molecule has 7 nitrogen and oxygen atoms in total. The highest BCUT2D eigenvalue weighted by Crippen LogP contribution is 2.40. The van der Waals surface area contributed by atoms with E-state index in [-0.39, 0.29) is 5.56 Å². The molecule has 2 aromatic rings. The van der Waals surface area contributed by atoms with Gasteiger partial charge in [-0.25, -0.2) is 13.6 Å². The van der Waals surface area contributed by atoms with Crippen LogP contribution < -0.4 is 5.32 Å². The third-order valence-corrected chi connectivity index (χ3v) is 5.85. The third kappa shape index (κ3) is 4.57. The first-order valence-corrected chi connectivity index (χ1v) is 10.4. The van der Waals surface area contributed by atoms with E-state index in [0.717, 1.165) is 29.5 Å². The zero-order chi connectivity index (χ0) is 22.4. The minimum absolute atomic E-state index is 0.0824. The first-order chi connectivity index (χ1) is 14.5. The fourth-order valence-electron chi connectivity index (χ4n) is 4.32. The number of halogens is 2. The predicted octanol–water partition coefficient (Wildman–Crippen LogP) is 3.82. The van der Waals surface area contributed by atoms with Crippen LogP contribution in [0.25, 0.3) is 0 Å². The highest BCUT2D eigenvalue weighted by atomic mass is 19.1. The van der Waals surface area contributed by atoms with E-state index < -0.39 is 41.0 Å². The molecular weight excluding hydrogens is 406 g/mol. The number of carbonyl (C=O) groups excluding carboxylic acids is 1. The van der Waals surface area contributed by atoms with Crippen molar-refractivity contribution in [3.05, 3.63) is 52.9 Å². The summed E-state index contributed by atoms with van der Waals surface area (Å²) >= 11 is 0. The fraction of sp³-hybridized carbons (Fsp3) is 0.545. The lowest BCUT2D eigenvalue weighted by Crippen LogP contribution is -2.58. The number of benzene rings is 1. The maximum absolute atomic E-state index is 14.6. The van der Waals surface area contributed by atoms with Crippen molar-refractivity contribution in [2.45, 2.75) is 70.5 Å². The minimum Gasteiger partial charge on any atom is -0.444 e. The lowest BCUT2D eigenvalue weighted by atomic mass is 9.84. The van der Waals surface area contributed by atoms with Crippen molar-refractivity contribution in [1.29, 1.82) is 0 Å². The Morgan fingerprint density at radius 1 is 1.35 bits per heavy atom. The van der Waals surface area contributed by atoms with Gasteiger partial charge in [0, 0.05) is 29.8 Å². The van der Waals surface area contributed by atoms with Crippen molar-refractivity contribution >= 4 is 6.09 Å². The molecule has 2 aliphatic heterocycles. The third-order valence-electron chi connectivity index (χ3n) is 5.85. The van der Waals surface area contributed by atoms with Crippen LogP contribution >= 0.6 is 0 Å². The normalized spacial score (nSPS) is 26.5. The summed E-state index contributed by atoms with van der Waals surface area (Å²) in [6.45, 7) is 9.03. The number of alkyl carbamates (subject to hydrolysis) is 1. The molecule has 168 valence electrons. The van der Waals surface area contributed by atoms with Crippen molar-refractivity contribution in [3.63, 3.8) is 0 Å². The van der Waals surface area contributed by atoms with Crippen LogP contribution in [0.2, 0.25) is 0 Å². The van der Waals surface area contributed by atoms with Crippen molar-refractivity contribution in [2.75, 3.05) is 6.61 Å². The van der Waals surface area contributed by atoms with E-state index >= 15 is 0 Å². The SMILES string of the molecule is CC(C)(C)OC(=O)NC1CC(C)(N2Cc3cn[nH]c3C2)COC1c1cc(F)ccc1F. The van der Waals surface area contributed by atoms with Gasteiger partial charge in [-0.05, 0) is 52.3 Å². The summed E-state index contributed by atoms with van der Waals surface area (Å²) < 4.78 is 39.9. The van der Waals surface area contributed by atoms with Crippen LogP contribution in [0, 0.1) is 11.6 Å². The molecule has 2 N–H and O–H groups in total. The summed E-state index contributed by atoms with van der Waals surface area (Å²) in [6, 6.07) is 2.65. The quantitative estimate of drug-likeness (QED) is 0.768. The van der Waals surface area contributed by atoms with Crippen molar-refractivity contribution in [1.82, 2.24) is 20.4 Å². The largest absolute Gasteiger partial charge is 0.444 e. The van der Waals surface area contributed by atoms with Crippen molar-refractivity contribution in [2.24, 2.45) is 0 Å². The summed E-state index contributed by atoms with van der Waals surface area (Å²) in [4.78, 5) is 14.8. The number of H-pyrrole nitrogens is 1. The lowest BCUT2D eigenvalue weighted by Gasteiger charge is -2.47. The highest BCUT2D eigenvalue weighted by Gasteiger charge is 2.46. The van der Waals surface area contributed by atoms with Crippen LogP contribution in [-0.4, -0.2) is 45.0 Å². The molecule has 3 unspecified atom stereocenters. The van der Waals surface area contributed by atoms with Crippen LogP contribution in [0.4, 0.5) is 13.6 Å². The molecule has 0 spiro atoms. The molecule has 0 aliphatic carbocycles. The Hall–Kier alpha value is -2.52. The number of amides is 1. The predicted molar refractivity (Wildman–Crippen MR) is 109 cm³/mol. The molecule has 0 saturated carbocycles. The molecule has 2 aliphatic rings. The van der Waals surface area contributed by atoms with Gasteiger partial charge in [0.2, 0.25) is 0 Å². The number of rotatable bonds is 3. The van der Waals surface area contributed by atoms with Gasteiger partial charge in [-0.3, -0.25) is 10.00 Å². The molecule has 1 aromatic carbocycles. The van der Waals surface area contributed by atoms with Crippen molar-refractivity contribution in [3.8, 4) is 0 Å². The number of aromatic amines is 1. The first kappa shape index (κ1) is 21.7. The Bertz CT molecular complexity index is 953. The lowest BCUT2D eigenvalue weighted by molar-refractivity contribution is -0.104. The Morgan fingerprint density at radius 2 is 2.13 bits per heavy atom. The Balaban J connectivity index is 1.59. The van der Waals surface area contributed by atoms with Gasteiger partial charge >= 0.3 is 6.09 Å². The van der Waals surface area contributed by atoms with Crippen LogP contribution in [0.3, 0.4) is 0 Å². The van der Waals surface area contributed by atoms with Gasteiger partial charge in [0.1, 0.15) is 23.3 Å². The number of carbonyl (C=O) groups is 1. The molecule has 1 fully saturated rings. The van der Waals surface area contributed by atoms with Crippen LogP contribution in [0.5, 0.6) is 0 Å². The Labute approximate surface area is 180 Å². The molecule has 9 heteroatoms. The van der Waals surface area contributed by atoms with Gasteiger partial charge in [0.05, 0.1) is 24.5 Å². The van der Waals surface area contributed by atoms with E-state index in [1.165, 1.54) is 0 Å². The summed E-state index contributed by atoms with van der Waals surface area (Å²) in [5, 5.41) is 9.92. The zero-order valence-electron chi connectivity index (χ0n) is 18.2. The number of hydrogen-bond donors (Lipinski definition) is 2. The molecule has 3 atom stereocenters. The number of aromatic nitrogens is 2. The minimum atomic E-state index is -0.835. The van der Waals surface area contributed by atoms with Crippen LogP contribution in [-0.2, 0) is 22.6 Å². The Morgan fingerprint density at radius 3 is 2.84 bits per heavy atom. The van der Waals surface area contributed by atoms with Crippen molar-refractivity contribution < 1.29 is 23.0 Å². The molecule has 31 heavy (non-hydrogen) atoms.